The van der Waals surface area contributed by atoms with Crippen LogP contribution in [-0.4, -0.2) is 17.9 Å². The lowest BCUT2D eigenvalue weighted by molar-refractivity contribution is -0.142. The molecular weight excluding hydrogens is 435 g/mol. The molecule has 6 nitrogen and oxygen atoms in total. The number of carbonyl (C=O) groups excluding carboxylic acids is 1. The van der Waals surface area contributed by atoms with Gasteiger partial charge in [-0.05, 0) is 55.8 Å². The van der Waals surface area contributed by atoms with E-state index in [2.05, 4.69) is 10.6 Å². The van der Waals surface area contributed by atoms with E-state index in [1.54, 1.807) is 6.07 Å². The second kappa shape index (κ2) is 8.40. The lowest BCUT2D eigenvalue weighted by Gasteiger charge is -2.30. The van der Waals surface area contributed by atoms with E-state index in [9.17, 15) is 22.8 Å². The smallest absolute Gasteiger partial charge is 0.431 e. The van der Waals surface area contributed by atoms with Crippen LogP contribution in [0.1, 0.15) is 49.9 Å². The highest BCUT2D eigenvalue weighted by atomic mass is 19.4. The lowest BCUT2D eigenvalue weighted by atomic mass is 9.90. The second-order valence-corrected chi connectivity index (χ2v) is 7.98. The molecule has 2 heterocycles. The largest absolute Gasteiger partial charge is 0.457 e. The van der Waals surface area contributed by atoms with Gasteiger partial charge in [-0.3, -0.25) is 9.59 Å². The Hall–Kier alpha value is -3.59. The summed E-state index contributed by atoms with van der Waals surface area (Å²) in [7, 11) is 1.48. The molecule has 1 amide bonds. The third-order valence-corrected chi connectivity index (χ3v) is 5.57. The average molecular weight is 457 g/mol. The Morgan fingerprint density at radius 3 is 2.58 bits per heavy atom. The first-order valence-electron chi connectivity index (χ1n) is 10.3. The lowest BCUT2D eigenvalue weighted by Crippen LogP contribution is -2.36. The van der Waals surface area contributed by atoms with Crippen LogP contribution in [0.4, 0.5) is 13.2 Å². The molecule has 1 aliphatic heterocycles. The Morgan fingerprint density at radius 1 is 1.12 bits per heavy atom. The van der Waals surface area contributed by atoms with Crippen molar-refractivity contribution in [3.05, 3.63) is 91.9 Å². The molecule has 3 aromatic rings. The van der Waals surface area contributed by atoms with E-state index in [1.165, 1.54) is 7.05 Å². The molecule has 9 heteroatoms. The number of amides is 1. The molecule has 0 aliphatic carbocycles. The fourth-order valence-electron chi connectivity index (χ4n) is 4.04. The van der Waals surface area contributed by atoms with Crippen LogP contribution in [0.15, 0.2) is 47.3 Å². The van der Waals surface area contributed by atoms with Gasteiger partial charge in [-0.2, -0.15) is 13.2 Å². The van der Waals surface area contributed by atoms with Gasteiger partial charge in [-0.1, -0.05) is 24.3 Å². The summed E-state index contributed by atoms with van der Waals surface area (Å²) >= 11 is 0. The number of ether oxygens (including phenoxy) is 1. The minimum absolute atomic E-state index is 0.173. The van der Waals surface area contributed by atoms with Crippen molar-refractivity contribution >= 4 is 5.91 Å². The van der Waals surface area contributed by atoms with Gasteiger partial charge >= 0.3 is 6.18 Å². The zero-order valence-corrected chi connectivity index (χ0v) is 18.2. The Kier molecular flexibility index (Phi) is 5.75. The summed E-state index contributed by atoms with van der Waals surface area (Å²) in [6, 6.07) is 11.4. The Labute approximate surface area is 187 Å². The van der Waals surface area contributed by atoms with Crippen molar-refractivity contribution in [2.45, 2.75) is 32.6 Å². The van der Waals surface area contributed by atoms with Crippen LogP contribution in [0.2, 0.25) is 0 Å². The number of alkyl halides is 3. The number of benzene rings is 2. The standard InChI is InChI=1S/C24H22F3N3O3/c1-12-7-8-15-18(9-12)33-17-6-4-5-13(2)19(17)20(15)29-22(31)16-10-14(11-28-3)21(24(25,26)27)30-23(16)32/h4-10,20,28H,11H2,1-3H3,(H,29,31)(H,30,32). The number of rotatable bonds is 4. The molecule has 1 unspecified atom stereocenters. The zero-order chi connectivity index (χ0) is 23.9. The van der Waals surface area contributed by atoms with Crippen LogP contribution in [0.3, 0.4) is 0 Å². The van der Waals surface area contributed by atoms with Crippen LogP contribution in [0, 0.1) is 13.8 Å². The van der Waals surface area contributed by atoms with Crippen LogP contribution < -0.4 is 20.9 Å². The third-order valence-electron chi connectivity index (χ3n) is 5.57. The molecule has 172 valence electrons. The van der Waals surface area contributed by atoms with Gasteiger partial charge in [0.25, 0.3) is 11.5 Å². The van der Waals surface area contributed by atoms with E-state index in [4.69, 9.17) is 4.74 Å². The zero-order valence-electron chi connectivity index (χ0n) is 18.2. The molecule has 0 radical (unpaired) electrons. The summed E-state index contributed by atoms with van der Waals surface area (Å²) in [6.07, 6.45) is -4.76. The number of nitrogens with one attached hydrogen (secondary N) is 3. The predicted octanol–water partition coefficient (Wildman–Crippen LogP) is 4.36. The van der Waals surface area contributed by atoms with Crippen LogP contribution in [-0.2, 0) is 12.7 Å². The second-order valence-electron chi connectivity index (χ2n) is 7.98. The summed E-state index contributed by atoms with van der Waals surface area (Å²) in [4.78, 5) is 27.5. The van der Waals surface area contributed by atoms with Crippen molar-refractivity contribution in [3.63, 3.8) is 0 Å². The molecule has 0 spiro atoms. The number of halogens is 3. The Morgan fingerprint density at radius 2 is 1.88 bits per heavy atom. The number of pyridine rings is 1. The minimum atomic E-state index is -4.76. The summed E-state index contributed by atoms with van der Waals surface area (Å²) in [5, 5.41) is 5.47. The van der Waals surface area contributed by atoms with Crippen molar-refractivity contribution in [2.75, 3.05) is 7.05 Å². The number of H-pyrrole nitrogens is 1. The highest BCUT2D eigenvalue weighted by Gasteiger charge is 2.36. The molecule has 2 aromatic carbocycles. The summed E-state index contributed by atoms with van der Waals surface area (Å²) < 4.78 is 46.1. The molecule has 1 aromatic heterocycles. The minimum Gasteiger partial charge on any atom is -0.457 e. The van der Waals surface area contributed by atoms with Crippen LogP contribution >= 0.6 is 0 Å². The molecule has 0 saturated heterocycles. The van der Waals surface area contributed by atoms with Gasteiger partial charge in [0, 0.05) is 17.7 Å². The Balaban J connectivity index is 1.78. The van der Waals surface area contributed by atoms with Gasteiger partial charge in [0.1, 0.15) is 22.8 Å². The van der Waals surface area contributed by atoms with E-state index in [1.807, 2.05) is 49.2 Å². The molecule has 0 bridgehead atoms. The number of fused-ring (bicyclic) bond motifs is 2. The number of carbonyl (C=O) groups is 1. The SMILES string of the molecule is CNCc1cc(C(=O)NC2c3ccc(C)cc3Oc3cccc(C)c32)c(=O)[nH]c1C(F)(F)F. The molecule has 1 aliphatic rings. The molecule has 4 rings (SSSR count). The van der Waals surface area contributed by atoms with Gasteiger partial charge in [-0.25, -0.2) is 0 Å². The third kappa shape index (κ3) is 4.23. The highest BCUT2D eigenvalue weighted by Crippen LogP contribution is 2.44. The normalized spacial score (nSPS) is 14.8. The maximum absolute atomic E-state index is 13.4. The van der Waals surface area contributed by atoms with Crippen LogP contribution in [0.5, 0.6) is 11.5 Å². The van der Waals surface area contributed by atoms with Crippen molar-refractivity contribution < 1.29 is 22.7 Å². The van der Waals surface area contributed by atoms with Crippen molar-refractivity contribution in [1.29, 1.82) is 0 Å². The molecule has 1 atom stereocenters. The predicted molar refractivity (Wildman–Crippen MR) is 117 cm³/mol. The first-order chi connectivity index (χ1) is 15.6. The molecular formula is C24H22F3N3O3. The Bertz CT molecular complexity index is 1300. The van der Waals surface area contributed by atoms with E-state index < -0.39 is 34.9 Å². The number of hydrogen-bond acceptors (Lipinski definition) is 4. The highest BCUT2D eigenvalue weighted by molar-refractivity contribution is 5.94. The summed E-state index contributed by atoms with van der Waals surface area (Å²) in [6.45, 7) is 3.61. The average Bonchev–Trinajstić information content (AvgIpc) is 2.73. The van der Waals surface area contributed by atoms with E-state index in [0.717, 1.165) is 22.8 Å². The number of aromatic amines is 1. The van der Waals surface area contributed by atoms with Gasteiger partial charge in [0.15, 0.2) is 0 Å². The first-order valence-corrected chi connectivity index (χ1v) is 10.3. The summed E-state index contributed by atoms with van der Waals surface area (Å²) in [5.41, 5.74) is 0.327. The van der Waals surface area contributed by atoms with Crippen molar-refractivity contribution in [3.8, 4) is 11.5 Å². The van der Waals surface area contributed by atoms with Crippen molar-refractivity contribution in [1.82, 2.24) is 15.6 Å². The van der Waals surface area contributed by atoms with Crippen molar-refractivity contribution in [2.24, 2.45) is 0 Å². The van der Waals surface area contributed by atoms with Gasteiger partial charge in [0.05, 0.1) is 6.04 Å². The quantitative estimate of drug-likeness (QED) is 0.544. The molecule has 33 heavy (non-hydrogen) atoms. The number of aryl methyl sites for hydroxylation is 2. The van der Waals surface area contributed by atoms with E-state index in [-0.39, 0.29) is 12.1 Å². The maximum atomic E-state index is 13.4. The van der Waals surface area contributed by atoms with Gasteiger partial charge in [-0.15, -0.1) is 0 Å². The van der Waals surface area contributed by atoms with Gasteiger partial charge in [0.2, 0.25) is 0 Å². The fourth-order valence-corrected chi connectivity index (χ4v) is 4.04. The molecule has 0 saturated carbocycles. The number of aromatic nitrogens is 1. The molecule has 0 fully saturated rings. The van der Waals surface area contributed by atoms with E-state index in [0.29, 0.717) is 17.1 Å². The first kappa shape index (κ1) is 22.6. The topological polar surface area (TPSA) is 83.2 Å². The monoisotopic (exact) mass is 457 g/mol. The maximum Gasteiger partial charge on any atom is 0.431 e. The van der Waals surface area contributed by atoms with E-state index >= 15 is 0 Å². The van der Waals surface area contributed by atoms with Crippen LogP contribution in [0.25, 0.3) is 0 Å². The van der Waals surface area contributed by atoms with Gasteiger partial charge < -0.3 is 20.4 Å². The fraction of sp³-hybridized carbons (Fsp3) is 0.250. The molecule has 3 N–H and O–H groups in total. The summed E-state index contributed by atoms with van der Waals surface area (Å²) in [5.74, 6) is 0.348. The number of hydrogen-bond donors (Lipinski definition) is 3.